The van der Waals surface area contributed by atoms with Gasteiger partial charge in [-0.15, -0.1) is 0 Å². The molecule has 1 aromatic heterocycles. The second-order valence-corrected chi connectivity index (χ2v) is 6.21. The van der Waals surface area contributed by atoms with Crippen LogP contribution in [-0.2, 0) is 9.53 Å². The highest BCUT2D eigenvalue weighted by Crippen LogP contribution is 2.23. The van der Waals surface area contributed by atoms with Gasteiger partial charge in [0.2, 0.25) is 12.4 Å². The van der Waals surface area contributed by atoms with Gasteiger partial charge in [-0.25, -0.2) is 4.98 Å². The van der Waals surface area contributed by atoms with E-state index in [0.29, 0.717) is 25.6 Å². The van der Waals surface area contributed by atoms with Crippen LogP contribution in [0.25, 0.3) is 11.3 Å². The Bertz CT molecular complexity index is 702. The summed E-state index contributed by atoms with van der Waals surface area (Å²) in [6, 6.07) is 12.1. The molecule has 1 N–H and O–H groups in total. The number of carbonyl (C=O) groups is 1. The number of anilines is 2. The fourth-order valence-corrected chi connectivity index (χ4v) is 2.88. The summed E-state index contributed by atoms with van der Waals surface area (Å²) in [4.78, 5) is 24.3. The van der Waals surface area contributed by atoms with E-state index >= 15 is 0 Å². The number of amides is 1. The van der Waals surface area contributed by atoms with E-state index in [-0.39, 0.29) is 0 Å². The maximum absolute atomic E-state index is 10.9. The predicted molar refractivity (Wildman–Crippen MR) is 102 cm³/mol. The fourth-order valence-electron chi connectivity index (χ4n) is 2.88. The lowest BCUT2D eigenvalue weighted by Crippen LogP contribution is -2.46. The molecule has 26 heavy (non-hydrogen) atoms. The van der Waals surface area contributed by atoms with Crippen LogP contribution in [0.5, 0.6) is 0 Å². The van der Waals surface area contributed by atoms with E-state index in [1.54, 1.807) is 12.0 Å². The lowest BCUT2D eigenvalue weighted by atomic mass is 10.1. The van der Waals surface area contributed by atoms with Gasteiger partial charge in [-0.05, 0) is 6.42 Å². The lowest BCUT2D eigenvalue weighted by molar-refractivity contribution is -0.118. The van der Waals surface area contributed by atoms with Crippen molar-refractivity contribution in [2.75, 3.05) is 56.7 Å². The highest BCUT2D eigenvalue weighted by molar-refractivity contribution is 5.64. The van der Waals surface area contributed by atoms with E-state index < -0.39 is 0 Å². The number of nitrogens with one attached hydrogen (secondary N) is 1. The molecule has 1 aliphatic heterocycles. The SMILES string of the molecule is COCCCNc1cc(-c2ccccc2)nc(N2CCN(C=O)CC2)n1. The van der Waals surface area contributed by atoms with Crippen molar-refractivity contribution in [2.24, 2.45) is 0 Å². The van der Waals surface area contributed by atoms with Crippen LogP contribution >= 0.6 is 0 Å². The molecule has 1 amide bonds. The molecule has 1 saturated heterocycles. The van der Waals surface area contributed by atoms with Gasteiger partial charge in [0.1, 0.15) is 5.82 Å². The first-order valence-corrected chi connectivity index (χ1v) is 8.92. The van der Waals surface area contributed by atoms with E-state index in [1.807, 2.05) is 36.4 Å². The molecule has 7 nitrogen and oxygen atoms in total. The molecule has 2 heterocycles. The molecule has 2 aromatic rings. The van der Waals surface area contributed by atoms with Crippen molar-refractivity contribution < 1.29 is 9.53 Å². The summed E-state index contributed by atoms with van der Waals surface area (Å²) in [6.45, 7) is 4.36. The van der Waals surface area contributed by atoms with Gasteiger partial charge in [0, 0.05) is 58.1 Å². The van der Waals surface area contributed by atoms with Crippen LogP contribution in [0.3, 0.4) is 0 Å². The Kier molecular flexibility index (Phi) is 6.38. The van der Waals surface area contributed by atoms with Gasteiger partial charge in [0.25, 0.3) is 0 Å². The number of hydrogen-bond donors (Lipinski definition) is 1. The largest absolute Gasteiger partial charge is 0.385 e. The molecule has 0 unspecified atom stereocenters. The van der Waals surface area contributed by atoms with Gasteiger partial charge >= 0.3 is 0 Å². The summed E-state index contributed by atoms with van der Waals surface area (Å²) in [7, 11) is 1.70. The summed E-state index contributed by atoms with van der Waals surface area (Å²) in [5, 5.41) is 3.36. The number of carbonyl (C=O) groups excluding carboxylic acids is 1. The lowest BCUT2D eigenvalue weighted by Gasteiger charge is -2.32. The van der Waals surface area contributed by atoms with Crippen molar-refractivity contribution in [1.82, 2.24) is 14.9 Å². The molecule has 3 rings (SSSR count). The van der Waals surface area contributed by atoms with Crippen LogP contribution in [0.1, 0.15) is 6.42 Å². The first-order valence-electron chi connectivity index (χ1n) is 8.92. The number of methoxy groups -OCH3 is 1. The van der Waals surface area contributed by atoms with Crippen LogP contribution in [0.2, 0.25) is 0 Å². The molecule has 0 aliphatic carbocycles. The molecular weight excluding hydrogens is 330 g/mol. The minimum absolute atomic E-state index is 0.693. The molecule has 1 aromatic carbocycles. The standard InChI is InChI=1S/C19H25N5O2/c1-26-13-5-8-20-18-14-17(16-6-3-2-4-7-16)21-19(22-18)24-11-9-23(15-25)10-12-24/h2-4,6-7,14-15H,5,8-13H2,1H3,(H,20,21,22). The zero-order chi connectivity index (χ0) is 18.2. The maximum Gasteiger partial charge on any atom is 0.227 e. The molecule has 0 radical (unpaired) electrons. The minimum Gasteiger partial charge on any atom is -0.385 e. The number of hydrogen-bond acceptors (Lipinski definition) is 6. The van der Waals surface area contributed by atoms with Crippen LogP contribution in [-0.4, -0.2) is 67.7 Å². The topological polar surface area (TPSA) is 70.6 Å². The third-order valence-corrected chi connectivity index (χ3v) is 4.36. The fraction of sp³-hybridized carbons (Fsp3) is 0.421. The quantitative estimate of drug-likeness (QED) is 0.576. The second-order valence-electron chi connectivity index (χ2n) is 6.21. The molecule has 0 bridgehead atoms. The smallest absolute Gasteiger partial charge is 0.227 e. The summed E-state index contributed by atoms with van der Waals surface area (Å²) >= 11 is 0. The van der Waals surface area contributed by atoms with Crippen LogP contribution in [0, 0.1) is 0 Å². The van der Waals surface area contributed by atoms with E-state index in [1.165, 1.54) is 0 Å². The summed E-state index contributed by atoms with van der Waals surface area (Å²) in [6.07, 6.45) is 1.82. The van der Waals surface area contributed by atoms with Gasteiger partial charge in [-0.1, -0.05) is 30.3 Å². The van der Waals surface area contributed by atoms with Crippen molar-refractivity contribution >= 4 is 18.2 Å². The van der Waals surface area contributed by atoms with Gasteiger partial charge in [-0.3, -0.25) is 4.79 Å². The van der Waals surface area contributed by atoms with Crippen molar-refractivity contribution in [3.8, 4) is 11.3 Å². The molecular formula is C19H25N5O2. The predicted octanol–water partition coefficient (Wildman–Crippen LogP) is 1.87. The van der Waals surface area contributed by atoms with Crippen molar-refractivity contribution in [1.29, 1.82) is 0 Å². The average Bonchev–Trinajstić information content (AvgIpc) is 2.72. The molecule has 0 atom stereocenters. The molecule has 0 saturated carbocycles. The first kappa shape index (κ1) is 18.1. The number of benzene rings is 1. The normalized spacial score (nSPS) is 14.3. The van der Waals surface area contributed by atoms with Crippen LogP contribution in [0.15, 0.2) is 36.4 Å². The highest BCUT2D eigenvalue weighted by Gasteiger charge is 2.19. The first-order chi connectivity index (χ1) is 12.8. The number of ether oxygens (including phenoxy) is 1. The molecule has 0 spiro atoms. The maximum atomic E-state index is 10.9. The molecule has 138 valence electrons. The Morgan fingerprint density at radius 2 is 1.92 bits per heavy atom. The van der Waals surface area contributed by atoms with E-state index in [9.17, 15) is 4.79 Å². The van der Waals surface area contributed by atoms with E-state index in [2.05, 4.69) is 15.2 Å². The summed E-state index contributed by atoms with van der Waals surface area (Å²) in [5.74, 6) is 1.51. The van der Waals surface area contributed by atoms with Crippen LogP contribution in [0.4, 0.5) is 11.8 Å². The van der Waals surface area contributed by atoms with Gasteiger partial charge in [0.05, 0.1) is 5.69 Å². The van der Waals surface area contributed by atoms with Gasteiger partial charge in [-0.2, -0.15) is 4.98 Å². The molecule has 1 fully saturated rings. The Balaban J connectivity index is 1.81. The Labute approximate surface area is 154 Å². The second kappa shape index (κ2) is 9.15. The van der Waals surface area contributed by atoms with Crippen LogP contribution < -0.4 is 10.2 Å². The zero-order valence-electron chi connectivity index (χ0n) is 15.1. The van der Waals surface area contributed by atoms with E-state index in [4.69, 9.17) is 9.72 Å². The number of aromatic nitrogens is 2. The summed E-state index contributed by atoms with van der Waals surface area (Å²) < 4.78 is 5.10. The zero-order valence-corrected chi connectivity index (χ0v) is 15.1. The Hall–Kier alpha value is -2.67. The molecule has 7 heteroatoms. The summed E-state index contributed by atoms with van der Waals surface area (Å²) in [5.41, 5.74) is 1.95. The number of nitrogens with zero attached hydrogens (tertiary/aromatic N) is 4. The Morgan fingerprint density at radius 1 is 1.15 bits per heavy atom. The van der Waals surface area contributed by atoms with Crippen molar-refractivity contribution in [3.63, 3.8) is 0 Å². The third-order valence-electron chi connectivity index (χ3n) is 4.36. The monoisotopic (exact) mass is 355 g/mol. The van der Waals surface area contributed by atoms with Gasteiger partial charge in [0.15, 0.2) is 0 Å². The highest BCUT2D eigenvalue weighted by atomic mass is 16.5. The van der Waals surface area contributed by atoms with E-state index in [0.717, 1.165) is 49.5 Å². The average molecular weight is 355 g/mol. The Morgan fingerprint density at radius 3 is 2.62 bits per heavy atom. The van der Waals surface area contributed by atoms with Gasteiger partial charge < -0.3 is 19.9 Å². The third kappa shape index (κ3) is 4.70. The van der Waals surface area contributed by atoms with Crippen molar-refractivity contribution in [2.45, 2.75) is 6.42 Å². The minimum atomic E-state index is 0.693. The molecule has 1 aliphatic rings. The van der Waals surface area contributed by atoms with Crippen molar-refractivity contribution in [3.05, 3.63) is 36.4 Å². The number of rotatable bonds is 8. The number of piperazine rings is 1.